The highest BCUT2D eigenvalue weighted by molar-refractivity contribution is 6.05. The molecule has 3 heteroatoms. The Morgan fingerprint density at radius 2 is 2.11 bits per heavy atom. The summed E-state index contributed by atoms with van der Waals surface area (Å²) >= 11 is 0. The minimum absolute atomic E-state index is 0.0554. The molecule has 0 unspecified atom stereocenters. The summed E-state index contributed by atoms with van der Waals surface area (Å²) in [5, 5.41) is 11.0. The largest absolute Gasteiger partial charge is 0.550 e. The van der Waals surface area contributed by atoms with Crippen LogP contribution in [-0.4, -0.2) is 11.8 Å². The second-order valence-electron chi connectivity index (χ2n) is 6.43. The number of ketones is 1. The quantitative estimate of drug-likeness (QED) is 0.715. The predicted octanol–water partition coefficient (Wildman–Crippen LogP) is 1.71. The molecule has 0 radical (unpaired) electrons. The second-order valence-corrected chi connectivity index (χ2v) is 6.43. The van der Waals surface area contributed by atoms with Gasteiger partial charge in [-0.3, -0.25) is 4.79 Å². The zero-order valence-electron chi connectivity index (χ0n) is 11.6. The lowest BCUT2D eigenvalue weighted by atomic mass is 9.70. The van der Waals surface area contributed by atoms with Gasteiger partial charge >= 0.3 is 0 Å². The number of allylic oxidation sites excluding steroid dienone is 1. The highest BCUT2D eigenvalue weighted by Gasteiger charge is 2.63. The van der Waals surface area contributed by atoms with Crippen LogP contribution >= 0.6 is 0 Å². The fraction of sp³-hybridized carbons (Fsp3) is 0.733. The summed E-state index contributed by atoms with van der Waals surface area (Å²) in [6, 6.07) is 0. The average Bonchev–Trinajstić information content (AvgIpc) is 2.59. The van der Waals surface area contributed by atoms with Crippen LogP contribution in [0.3, 0.4) is 0 Å². The third-order valence-corrected chi connectivity index (χ3v) is 5.49. The van der Waals surface area contributed by atoms with Crippen molar-refractivity contribution in [3.63, 3.8) is 0 Å². The summed E-state index contributed by atoms with van der Waals surface area (Å²) in [6.45, 7) is 8.09. The van der Waals surface area contributed by atoms with Crippen molar-refractivity contribution >= 4 is 11.8 Å². The molecule has 0 saturated heterocycles. The summed E-state index contributed by atoms with van der Waals surface area (Å²) in [7, 11) is 0. The van der Waals surface area contributed by atoms with Crippen LogP contribution in [0.25, 0.3) is 0 Å². The molecule has 0 heterocycles. The van der Waals surface area contributed by atoms with Crippen LogP contribution in [0.2, 0.25) is 0 Å². The summed E-state index contributed by atoms with van der Waals surface area (Å²) in [5.74, 6) is -1.35. The van der Waals surface area contributed by atoms with E-state index in [2.05, 4.69) is 13.8 Å². The summed E-state index contributed by atoms with van der Waals surface area (Å²) in [5.41, 5.74) is 0.373. The number of rotatable bonds is 3. The molecular formula is C15H21O3-. The molecule has 0 aliphatic heterocycles. The molecular weight excluding hydrogens is 228 g/mol. The molecule has 2 aliphatic rings. The maximum Gasteiger partial charge on any atom is 0.165 e. The minimum atomic E-state index is -1.08. The van der Waals surface area contributed by atoms with Gasteiger partial charge in [-0.2, -0.15) is 0 Å². The Morgan fingerprint density at radius 1 is 1.50 bits per heavy atom. The molecule has 0 aromatic carbocycles. The third-order valence-electron chi connectivity index (χ3n) is 5.49. The molecule has 2 rings (SSSR count). The van der Waals surface area contributed by atoms with E-state index in [1.54, 1.807) is 6.08 Å². The highest BCUT2D eigenvalue weighted by atomic mass is 16.4. The van der Waals surface area contributed by atoms with Crippen LogP contribution in [0.5, 0.6) is 0 Å². The summed E-state index contributed by atoms with van der Waals surface area (Å²) in [6.07, 6.45) is 4.05. The maximum atomic E-state index is 12.5. The van der Waals surface area contributed by atoms with Gasteiger partial charge in [-0.15, -0.1) is 0 Å². The van der Waals surface area contributed by atoms with Crippen LogP contribution < -0.4 is 5.11 Å². The topological polar surface area (TPSA) is 57.2 Å². The van der Waals surface area contributed by atoms with E-state index in [0.29, 0.717) is 6.42 Å². The van der Waals surface area contributed by atoms with Crippen molar-refractivity contribution in [2.75, 3.05) is 0 Å². The second kappa shape index (κ2) is 3.94. The van der Waals surface area contributed by atoms with Gasteiger partial charge in [0.05, 0.1) is 0 Å². The average molecular weight is 249 g/mol. The first-order valence-electron chi connectivity index (χ1n) is 6.73. The number of carboxylic acids is 1. The Balaban J connectivity index is 2.41. The van der Waals surface area contributed by atoms with Crippen LogP contribution in [0.1, 0.15) is 47.0 Å². The number of hydrogen-bond donors (Lipinski definition) is 0. The monoisotopic (exact) mass is 249 g/mol. The highest BCUT2D eigenvalue weighted by Crippen LogP contribution is 2.65. The molecule has 2 saturated carbocycles. The number of hydrogen-bond acceptors (Lipinski definition) is 3. The number of carbonyl (C=O) groups excluding carboxylic acids is 2. The standard InChI is InChI=1S/C15H22O3/c1-5-9(13(17)18)8-10-11-6-7-15(4,12(10)16)14(11,2)3/h8-9,11H,5-7H2,1-4H3,(H,17,18)/p-1/b10-8+/t9-,11-,15-/m0/s1. The molecule has 2 aliphatic carbocycles. The van der Waals surface area contributed by atoms with Crippen molar-refractivity contribution < 1.29 is 14.7 Å². The zero-order chi connectivity index (χ0) is 13.7. The van der Waals surface area contributed by atoms with Gasteiger partial charge < -0.3 is 9.90 Å². The van der Waals surface area contributed by atoms with Gasteiger partial charge in [0.25, 0.3) is 0 Å². The minimum Gasteiger partial charge on any atom is -0.550 e. The van der Waals surface area contributed by atoms with E-state index in [4.69, 9.17) is 0 Å². The van der Waals surface area contributed by atoms with Crippen LogP contribution in [-0.2, 0) is 9.59 Å². The van der Waals surface area contributed by atoms with Gasteiger partial charge in [0.1, 0.15) is 0 Å². The van der Waals surface area contributed by atoms with Crippen molar-refractivity contribution in [1.82, 2.24) is 0 Å². The summed E-state index contributed by atoms with van der Waals surface area (Å²) in [4.78, 5) is 23.5. The van der Waals surface area contributed by atoms with Crippen LogP contribution in [0.15, 0.2) is 11.6 Å². The Kier molecular flexibility index (Phi) is 2.91. The molecule has 0 aromatic rings. The van der Waals surface area contributed by atoms with Gasteiger partial charge in [0, 0.05) is 17.3 Å². The van der Waals surface area contributed by atoms with Crippen molar-refractivity contribution in [3.8, 4) is 0 Å². The summed E-state index contributed by atoms with van der Waals surface area (Å²) < 4.78 is 0. The molecule has 2 fully saturated rings. The third kappa shape index (κ3) is 1.49. The van der Waals surface area contributed by atoms with E-state index in [0.717, 1.165) is 18.4 Å². The smallest absolute Gasteiger partial charge is 0.165 e. The molecule has 18 heavy (non-hydrogen) atoms. The molecule has 3 nitrogen and oxygen atoms in total. The van der Waals surface area contributed by atoms with Crippen LogP contribution in [0.4, 0.5) is 0 Å². The zero-order valence-corrected chi connectivity index (χ0v) is 11.6. The first-order valence-corrected chi connectivity index (χ1v) is 6.73. The van der Waals surface area contributed by atoms with Crippen molar-refractivity contribution in [2.45, 2.75) is 47.0 Å². The fourth-order valence-electron chi connectivity index (χ4n) is 3.69. The van der Waals surface area contributed by atoms with Crippen LogP contribution in [0, 0.1) is 22.7 Å². The SMILES string of the molecule is CC[C@@H](/C=C1/C(=O)[C@]2(C)CC[C@@H]1C2(C)C)C(=O)[O-]. The van der Waals surface area contributed by atoms with Gasteiger partial charge in [-0.25, -0.2) is 0 Å². The first-order chi connectivity index (χ1) is 8.25. The van der Waals surface area contributed by atoms with Crippen molar-refractivity contribution in [3.05, 3.63) is 11.6 Å². The van der Waals surface area contributed by atoms with E-state index in [1.165, 1.54) is 0 Å². The number of Topliss-reactive ketones (excluding diaryl/α,β-unsaturated/α-hetero) is 1. The molecule has 0 aromatic heterocycles. The van der Waals surface area contributed by atoms with E-state index in [9.17, 15) is 14.7 Å². The Hall–Kier alpha value is -1.12. The lowest BCUT2D eigenvalue weighted by Gasteiger charge is -2.31. The lowest BCUT2D eigenvalue weighted by Crippen LogP contribution is -2.33. The van der Waals surface area contributed by atoms with Crippen molar-refractivity contribution in [1.29, 1.82) is 0 Å². The normalized spacial score (nSPS) is 37.2. The molecule has 0 N–H and O–H groups in total. The number of fused-ring (bicyclic) bond motifs is 2. The molecule has 2 bridgehead atoms. The molecule has 3 atom stereocenters. The number of aliphatic carboxylic acids is 1. The molecule has 0 spiro atoms. The number of carbonyl (C=O) groups is 2. The Morgan fingerprint density at radius 3 is 2.50 bits per heavy atom. The van der Waals surface area contributed by atoms with E-state index in [-0.39, 0.29) is 22.5 Å². The Labute approximate surface area is 108 Å². The fourth-order valence-corrected chi connectivity index (χ4v) is 3.69. The van der Waals surface area contributed by atoms with E-state index >= 15 is 0 Å². The van der Waals surface area contributed by atoms with E-state index < -0.39 is 11.9 Å². The predicted molar refractivity (Wildman–Crippen MR) is 66.5 cm³/mol. The van der Waals surface area contributed by atoms with E-state index in [1.807, 2.05) is 13.8 Å². The molecule has 0 amide bonds. The number of carboxylic acid groups (broad SMARTS) is 1. The van der Waals surface area contributed by atoms with Gasteiger partial charge in [-0.05, 0) is 36.2 Å². The van der Waals surface area contributed by atoms with Gasteiger partial charge in [-0.1, -0.05) is 33.8 Å². The Bertz CT molecular complexity index is 433. The maximum absolute atomic E-state index is 12.5. The lowest BCUT2D eigenvalue weighted by molar-refractivity contribution is -0.309. The first kappa shape index (κ1) is 13.3. The van der Waals surface area contributed by atoms with Crippen molar-refractivity contribution in [2.24, 2.45) is 22.7 Å². The van der Waals surface area contributed by atoms with Gasteiger partial charge in [0.15, 0.2) is 5.78 Å². The molecule has 100 valence electrons. The van der Waals surface area contributed by atoms with Gasteiger partial charge in [0.2, 0.25) is 0 Å².